The molecule has 4 nitrogen and oxygen atoms in total. The molecule has 0 saturated heterocycles. The number of carbonyl (C=O) groups is 1. The van der Waals surface area contributed by atoms with E-state index in [1.54, 1.807) is 13.8 Å². The number of ether oxygens (including phenoxy) is 1. The number of rotatable bonds is 3. The van der Waals surface area contributed by atoms with Gasteiger partial charge in [-0.05, 0) is 43.7 Å². The first kappa shape index (κ1) is 17.7. The van der Waals surface area contributed by atoms with Crippen molar-refractivity contribution in [1.82, 2.24) is 4.57 Å². The van der Waals surface area contributed by atoms with Crippen molar-refractivity contribution >= 4 is 16.9 Å². The van der Waals surface area contributed by atoms with E-state index in [0.717, 1.165) is 12.1 Å². The van der Waals surface area contributed by atoms with E-state index in [4.69, 9.17) is 4.74 Å². The van der Waals surface area contributed by atoms with E-state index in [2.05, 4.69) is 0 Å². The molecule has 7 heteroatoms. The van der Waals surface area contributed by atoms with E-state index in [1.807, 2.05) is 0 Å². The van der Waals surface area contributed by atoms with Crippen LogP contribution in [-0.2, 0) is 4.74 Å². The molecule has 134 valence electrons. The van der Waals surface area contributed by atoms with Crippen LogP contribution in [0.5, 0.6) is 0 Å². The lowest BCUT2D eigenvalue weighted by molar-refractivity contribution is 0.0524. The molecule has 0 bridgehead atoms. The maximum atomic E-state index is 13.8. The quantitative estimate of drug-likeness (QED) is 0.665. The molecule has 0 radical (unpaired) electrons. The SMILES string of the molecule is CCOC(=O)c1cn(-c2ccc(F)cc2C)c2cc(F)c(F)cc2c1=O. The van der Waals surface area contributed by atoms with Gasteiger partial charge in [-0.15, -0.1) is 0 Å². The zero-order chi connectivity index (χ0) is 19.0. The van der Waals surface area contributed by atoms with Gasteiger partial charge >= 0.3 is 5.97 Å². The highest BCUT2D eigenvalue weighted by Gasteiger charge is 2.20. The number of carbonyl (C=O) groups excluding carboxylic acids is 1. The van der Waals surface area contributed by atoms with Gasteiger partial charge in [0.05, 0.1) is 17.5 Å². The van der Waals surface area contributed by atoms with E-state index < -0.39 is 28.8 Å². The summed E-state index contributed by atoms with van der Waals surface area (Å²) in [5.74, 6) is -3.70. The Balaban J connectivity index is 2.43. The first-order valence-corrected chi connectivity index (χ1v) is 7.81. The summed E-state index contributed by atoms with van der Waals surface area (Å²) >= 11 is 0. The third kappa shape index (κ3) is 2.96. The minimum atomic E-state index is -1.21. The molecule has 0 spiro atoms. The van der Waals surface area contributed by atoms with Gasteiger partial charge in [0.1, 0.15) is 11.4 Å². The Kier molecular flexibility index (Phi) is 4.54. The molecule has 0 N–H and O–H groups in total. The molecule has 0 aliphatic rings. The summed E-state index contributed by atoms with van der Waals surface area (Å²) in [6.45, 7) is 3.24. The maximum absolute atomic E-state index is 13.8. The van der Waals surface area contributed by atoms with Crippen molar-refractivity contribution in [2.24, 2.45) is 0 Å². The predicted molar refractivity (Wildman–Crippen MR) is 90.1 cm³/mol. The van der Waals surface area contributed by atoms with Crippen molar-refractivity contribution < 1.29 is 22.7 Å². The van der Waals surface area contributed by atoms with Gasteiger partial charge in [-0.2, -0.15) is 0 Å². The van der Waals surface area contributed by atoms with Gasteiger partial charge in [0.25, 0.3) is 0 Å². The fourth-order valence-corrected chi connectivity index (χ4v) is 2.76. The number of hydrogen-bond donors (Lipinski definition) is 0. The molecule has 2 aromatic carbocycles. The number of benzene rings is 2. The lowest BCUT2D eigenvalue weighted by Crippen LogP contribution is -2.21. The van der Waals surface area contributed by atoms with Crippen LogP contribution in [-0.4, -0.2) is 17.1 Å². The molecule has 0 amide bonds. The number of esters is 1. The van der Waals surface area contributed by atoms with Crippen LogP contribution in [0.2, 0.25) is 0 Å². The molecule has 0 unspecified atom stereocenters. The fraction of sp³-hybridized carbons (Fsp3) is 0.158. The average Bonchev–Trinajstić information content (AvgIpc) is 2.58. The van der Waals surface area contributed by atoms with Gasteiger partial charge in [-0.3, -0.25) is 4.79 Å². The molecule has 26 heavy (non-hydrogen) atoms. The van der Waals surface area contributed by atoms with Gasteiger partial charge in [0, 0.05) is 18.0 Å². The molecule has 0 saturated carbocycles. The zero-order valence-corrected chi connectivity index (χ0v) is 14.0. The third-order valence-corrected chi connectivity index (χ3v) is 3.96. The Morgan fingerprint density at radius 1 is 1.12 bits per heavy atom. The van der Waals surface area contributed by atoms with E-state index >= 15 is 0 Å². The number of nitrogens with zero attached hydrogens (tertiary/aromatic N) is 1. The summed E-state index contributed by atoms with van der Waals surface area (Å²) in [6.07, 6.45) is 1.19. The number of fused-ring (bicyclic) bond motifs is 1. The zero-order valence-electron chi connectivity index (χ0n) is 14.0. The first-order chi connectivity index (χ1) is 12.3. The first-order valence-electron chi connectivity index (χ1n) is 7.81. The number of aromatic nitrogens is 1. The second kappa shape index (κ2) is 6.67. The predicted octanol–water partition coefficient (Wildman–Crippen LogP) is 3.89. The Morgan fingerprint density at radius 3 is 2.46 bits per heavy atom. The smallest absolute Gasteiger partial charge is 0.343 e. The molecular formula is C19H14F3NO3. The molecular weight excluding hydrogens is 347 g/mol. The van der Waals surface area contributed by atoms with Crippen molar-refractivity contribution in [2.45, 2.75) is 13.8 Å². The average molecular weight is 361 g/mol. The highest BCUT2D eigenvalue weighted by molar-refractivity contribution is 5.94. The Bertz CT molecular complexity index is 1090. The van der Waals surface area contributed by atoms with Crippen molar-refractivity contribution in [3.63, 3.8) is 0 Å². The van der Waals surface area contributed by atoms with Gasteiger partial charge in [0.2, 0.25) is 5.43 Å². The minimum absolute atomic E-state index is 0.0453. The van der Waals surface area contributed by atoms with Crippen LogP contribution in [0.15, 0.2) is 41.3 Å². The van der Waals surface area contributed by atoms with Crippen LogP contribution >= 0.6 is 0 Å². The highest BCUT2D eigenvalue weighted by atomic mass is 19.2. The Labute approximate surface area is 146 Å². The van der Waals surface area contributed by atoms with Gasteiger partial charge < -0.3 is 9.30 Å². The molecule has 1 aromatic heterocycles. The van der Waals surface area contributed by atoms with Crippen molar-refractivity contribution in [3.8, 4) is 5.69 Å². The van der Waals surface area contributed by atoms with E-state index in [1.165, 1.54) is 29.0 Å². The molecule has 0 atom stereocenters. The second-order valence-electron chi connectivity index (χ2n) is 5.68. The molecule has 1 heterocycles. The van der Waals surface area contributed by atoms with Crippen LogP contribution in [0.1, 0.15) is 22.8 Å². The standard InChI is InChI=1S/C19H14F3NO3/c1-3-26-19(25)13-9-23(16-5-4-11(20)6-10(16)2)17-8-15(22)14(21)7-12(17)18(13)24/h4-9H,3H2,1-2H3. The van der Waals surface area contributed by atoms with Gasteiger partial charge in [-0.25, -0.2) is 18.0 Å². The van der Waals surface area contributed by atoms with Crippen LogP contribution in [0.4, 0.5) is 13.2 Å². The number of hydrogen-bond acceptors (Lipinski definition) is 3. The summed E-state index contributed by atoms with van der Waals surface area (Å²) in [5, 5.41) is -0.182. The largest absolute Gasteiger partial charge is 0.462 e. The van der Waals surface area contributed by atoms with E-state index in [9.17, 15) is 22.8 Å². The summed E-state index contributed by atoms with van der Waals surface area (Å²) in [6, 6.07) is 5.47. The fourth-order valence-electron chi connectivity index (χ4n) is 2.76. The summed E-state index contributed by atoms with van der Waals surface area (Å²) in [4.78, 5) is 24.7. The monoisotopic (exact) mass is 361 g/mol. The van der Waals surface area contributed by atoms with Crippen LogP contribution < -0.4 is 5.43 Å². The maximum Gasteiger partial charge on any atom is 0.343 e. The topological polar surface area (TPSA) is 48.3 Å². The molecule has 3 aromatic rings. The molecule has 0 aliphatic carbocycles. The lowest BCUT2D eigenvalue weighted by Gasteiger charge is -2.15. The van der Waals surface area contributed by atoms with E-state index in [0.29, 0.717) is 11.3 Å². The van der Waals surface area contributed by atoms with Crippen LogP contribution in [0.25, 0.3) is 16.6 Å². The lowest BCUT2D eigenvalue weighted by atomic mass is 10.1. The molecule has 0 aliphatic heterocycles. The van der Waals surface area contributed by atoms with Gasteiger partial charge in [0.15, 0.2) is 11.6 Å². The number of pyridine rings is 1. The third-order valence-electron chi connectivity index (χ3n) is 3.96. The van der Waals surface area contributed by atoms with E-state index in [-0.39, 0.29) is 23.1 Å². The van der Waals surface area contributed by atoms with Crippen molar-refractivity contribution in [2.75, 3.05) is 6.61 Å². The second-order valence-corrected chi connectivity index (χ2v) is 5.68. The van der Waals surface area contributed by atoms with Crippen molar-refractivity contribution in [1.29, 1.82) is 0 Å². The minimum Gasteiger partial charge on any atom is -0.462 e. The molecule has 0 fully saturated rings. The normalized spacial score (nSPS) is 11.0. The van der Waals surface area contributed by atoms with Crippen LogP contribution in [0.3, 0.4) is 0 Å². The summed E-state index contributed by atoms with van der Waals surface area (Å²) in [5.41, 5.74) is -0.151. The Morgan fingerprint density at radius 2 is 1.81 bits per heavy atom. The highest BCUT2D eigenvalue weighted by Crippen LogP contribution is 2.23. The number of halogens is 3. The summed E-state index contributed by atoms with van der Waals surface area (Å²) in [7, 11) is 0. The number of aryl methyl sites for hydroxylation is 1. The molecule has 3 rings (SSSR count). The van der Waals surface area contributed by atoms with Gasteiger partial charge in [-0.1, -0.05) is 0 Å². The van der Waals surface area contributed by atoms with Crippen molar-refractivity contribution in [3.05, 3.63) is 75.3 Å². The van der Waals surface area contributed by atoms with Crippen LogP contribution in [0, 0.1) is 24.4 Å². The Hall–Kier alpha value is -3.09. The summed E-state index contributed by atoms with van der Waals surface area (Å²) < 4.78 is 47.1.